The highest BCUT2D eigenvalue weighted by molar-refractivity contribution is 5.81. The van der Waals surface area contributed by atoms with E-state index in [0.717, 1.165) is 49.9 Å². The molecule has 0 radical (unpaired) electrons. The first-order chi connectivity index (χ1) is 12.7. The molecule has 2 fully saturated rings. The Bertz CT molecular complexity index is 544. The summed E-state index contributed by atoms with van der Waals surface area (Å²) < 4.78 is 5.00. The number of hydrogen-bond donors (Lipinski definition) is 0. The maximum Gasteiger partial charge on any atom is 0.302 e. The van der Waals surface area contributed by atoms with Crippen LogP contribution in [-0.4, -0.2) is 18.4 Å². The molecule has 3 nitrogen and oxygen atoms in total. The third-order valence-electron chi connectivity index (χ3n) is 7.05. The Kier molecular flexibility index (Phi) is 8.12. The second-order valence-electron chi connectivity index (χ2n) is 9.79. The molecule has 0 saturated heterocycles. The molecule has 0 aromatic heterocycles. The first kappa shape index (κ1) is 22.2. The fourth-order valence-electron chi connectivity index (χ4n) is 4.96. The number of ether oxygens (including phenoxy) is 1. The van der Waals surface area contributed by atoms with Crippen LogP contribution in [0.2, 0.25) is 0 Å². The van der Waals surface area contributed by atoms with E-state index in [9.17, 15) is 9.59 Å². The minimum Gasteiger partial charge on any atom is -0.466 e. The van der Waals surface area contributed by atoms with E-state index in [0.29, 0.717) is 23.7 Å². The van der Waals surface area contributed by atoms with Gasteiger partial charge in [-0.2, -0.15) is 0 Å². The average Bonchev–Trinajstić information content (AvgIpc) is 2.61. The van der Waals surface area contributed by atoms with Crippen molar-refractivity contribution in [2.45, 2.75) is 92.4 Å². The Morgan fingerprint density at radius 2 is 2.04 bits per heavy atom. The lowest BCUT2D eigenvalue weighted by Crippen LogP contribution is -2.48. The van der Waals surface area contributed by atoms with E-state index in [1.165, 1.54) is 38.2 Å². The number of esters is 1. The van der Waals surface area contributed by atoms with Crippen molar-refractivity contribution < 1.29 is 14.3 Å². The highest BCUT2D eigenvalue weighted by atomic mass is 16.5. The van der Waals surface area contributed by atoms with Crippen molar-refractivity contribution in [3.63, 3.8) is 0 Å². The number of carbonyl (C=O) groups excluding carboxylic acids is 2. The summed E-state index contributed by atoms with van der Waals surface area (Å²) in [5.41, 5.74) is 2.00. The van der Waals surface area contributed by atoms with Gasteiger partial charge in [-0.1, -0.05) is 52.2 Å². The van der Waals surface area contributed by atoms with Crippen molar-refractivity contribution in [3.8, 4) is 0 Å². The SMILES string of the molecule is CC(=O)OCCC1=CCC2CC1C2(C)C.CC(C)CCC1CCCCC1=O. The molecule has 0 heterocycles. The van der Waals surface area contributed by atoms with Crippen LogP contribution in [0, 0.1) is 29.1 Å². The first-order valence-electron chi connectivity index (χ1n) is 11.1. The normalized spacial score (nSPS) is 28.6. The molecule has 0 aromatic rings. The molecule has 2 bridgehead atoms. The zero-order valence-corrected chi connectivity index (χ0v) is 18.2. The van der Waals surface area contributed by atoms with Crippen LogP contribution >= 0.6 is 0 Å². The van der Waals surface area contributed by atoms with Crippen LogP contribution in [0.4, 0.5) is 0 Å². The van der Waals surface area contributed by atoms with Crippen molar-refractivity contribution >= 4 is 11.8 Å². The number of hydrogen-bond acceptors (Lipinski definition) is 3. The summed E-state index contributed by atoms with van der Waals surface area (Å²) in [6.07, 6.45) is 12.6. The molecule has 3 heteroatoms. The van der Waals surface area contributed by atoms with Gasteiger partial charge in [-0.3, -0.25) is 9.59 Å². The summed E-state index contributed by atoms with van der Waals surface area (Å²) in [7, 11) is 0. The van der Waals surface area contributed by atoms with Crippen molar-refractivity contribution in [1.29, 1.82) is 0 Å². The molecule has 0 spiro atoms. The second-order valence-corrected chi connectivity index (χ2v) is 9.79. The van der Waals surface area contributed by atoms with Gasteiger partial charge in [-0.25, -0.2) is 0 Å². The summed E-state index contributed by atoms with van der Waals surface area (Å²) in [4.78, 5) is 22.1. The quantitative estimate of drug-likeness (QED) is 0.415. The Morgan fingerprint density at radius 1 is 1.30 bits per heavy atom. The van der Waals surface area contributed by atoms with Crippen molar-refractivity contribution in [1.82, 2.24) is 0 Å². The molecule has 0 amide bonds. The number of ketones is 1. The minimum atomic E-state index is -0.169. The maximum atomic E-state index is 11.4. The van der Waals surface area contributed by atoms with Crippen molar-refractivity contribution in [2.24, 2.45) is 29.1 Å². The van der Waals surface area contributed by atoms with E-state index in [1.54, 1.807) is 0 Å². The lowest BCUT2D eigenvalue weighted by molar-refractivity contribution is -0.141. The molecule has 4 rings (SSSR count). The monoisotopic (exact) mass is 376 g/mol. The predicted molar refractivity (Wildman–Crippen MR) is 110 cm³/mol. The summed E-state index contributed by atoms with van der Waals surface area (Å²) in [5.74, 6) is 3.16. The third kappa shape index (κ3) is 6.19. The summed E-state index contributed by atoms with van der Waals surface area (Å²) in [6.45, 7) is 11.2. The van der Waals surface area contributed by atoms with Gasteiger partial charge in [0.05, 0.1) is 6.61 Å². The molecule has 27 heavy (non-hydrogen) atoms. The van der Waals surface area contributed by atoms with Gasteiger partial charge in [0.25, 0.3) is 0 Å². The third-order valence-corrected chi connectivity index (χ3v) is 7.05. The van der Waals surface area contributed by atoms with Gasteiger partial charge in [0.1, 0.15) is 5.78 Å². The van der Waals surface area contributed by atoms with Crippen LogP contribution in [0.25, 0.3) is 0 Å². The van der Waals surface area contributed by atoms with E-state index in [2.05, 4.69) is 33.8 Å². The molecular formula is C24H40O3. The number of rotatable bonds is 6. The Labute approximate surface area is 166 Å². The average molecular weight is 377 g/mol. The van der Waals surface area contributed by atoms with Crippen LogP contribution in [0.15, 0.2) is 11.6 Å². The standard InChI is InChI=1S/C13H20O2.C11H20O/c1-9(14)15-7-6-10-4-5-11-8-12(10)13(11,2)3;1-9(2)7-8-10-5-3-4-6-11(10)12/h4,11-12H,5-8H2,1-3H3;9-10H,3-8H2,1-2H3. The Hall–Kier alpha value is -1.12. The lowest BCUT2D eigenvalue weighted by Gasteiger charge is -2.56. The van der Waals surface area contributed by atoms with Crippen molar-refractivity contribution in [3.05, 3.63) is 11.6 Å². The van der Waals surface area contributed by atoms with E-state index in [-0.39, 0.29) is 5.97 Å². The highest BCUT2D eigenvalue weighted by Gasteiger charge is 2.50. The fraction of sp³-hybridized carbons (Fsp3) is 0.833. The van der Waals surface area contributed by atoms with Gasteiger partial charge in [0.15, 0.2) is 0 Å². The van der Waals surface area contributed by atoms with Gasteiger partial charge in [-0.15, -0.1) is 0 Å². The number of fused-ring (bicyclic) bond motifs is 1. The lowest BCUT2D eigenvalue weighted by atomic mass is 9.48. The van der Waals surface area contributed by atoms with Crippen LogP contribution in [-0.2, 0) is 14.3 Å². The number of Topliss-reactive ketones (excluding diaryl/α,β-unsaturated/α-hetero) is 1. The zero-order valence-electron chi connectivity index (χ0n) is 18.2. The second kappa shape index (κ2) is 9.89. The van der Waals surface area contributed by atoms with Gasteiger partial charge in [-0.05, 0) is 55.3 Å². The molecule has 0 N–H and O–H groups in total. The van der Waals surface area contributed by atoms with E-state index >= 15 is 0 Å². The molecule has 2 saturated carbocycles. The molecule has 3 unspecified atom stereocenters. The van der Waals surface area contributed by atoms with Crippen LogP contribution in [0.3, 0.4) is 0 Å². The van der Waals surface area contributed by atoms with Crippen molar-refractivity contribution in [2.75, 3.05) is 6.61 Å². The largest absolute Gasteiger partial charge is 0.466 e. The molecule has 4 aliphatic rings. The molecule has 0 aliphatic heterocycles. The summed E-state index contributed by atoms with van der Waals surface area (Å²) in [5, 5.41) is 0. The van der Waals surface area contributed by atoms with Gasteiger partial charge >= 0.3 is 5.97 Å². The highest BCUT2D eigenvalue weighted by Crippen LogP contribution is 2.59. The Morgan fingerprint density at radius 3 is 2.59 bits per heavy atom. The minimum absolute atomic E-state index is 0.169. The maximum absolute atomic E-state index is 11.4. The summed E-state index contributed by atoms with van der Waals surface area (Å²) >= 11 is 0. The number of carbonyl (C=O) groups is 2. The topological polar surface area (TPSA) is 43.4 Å². The predicted octanol–water partition coefficient (Wildman–Crippen LogP) is 6.11. The van der Waals surface area contributed by atoms with E-state index < -0.39 is 0 Å². The van der Waals surface area contributed by atoms with E-state index in [1.807, 2.05) is 0 Å². The van der Waals surface area contributed by atoms with E-state index in [4.69, 9.17) is 4.74 Å². The molecule has 0 aromatic carbocycles. The van der Waals surface area contributed by atoms with Gasteiger partial charge in [0.2, 0.25) is 0 Å². The molecule has 4 aliphatic carbocycles. The Balaban J connectivity index is 0.000000199. The zero-order chi connectivity index (χ0) is 20.0. The first-order valence-corrected chi connectivity index (χ1v) is 11.1. The molecule has 154 valence electrons. The smallest absolute Gasteiger partial charge is 0.302 e. The van der Waals surface area contributed by atoms with Gasteiger partial charge < -0.3 is 4.74 Å². The van der Waals surface area contributed by atoms with Gasteiger partial charge in [0, 0.05) is 25.7 Å². The molecule has 3 atom stereocenters. The summed E-state index contributed by atoms with van der Waals surface area (Å²) in [6, 6.07) is 0. The number of allylic oxidation sites excluding steroid dienone is 1. The molecular weight excluding hydrogens is 336 g/mol. The van der Waals surface area contributed by atoms with Crippen LogP contribution in [0.1, 0.15) is 92.4 Å². The van der Waals surface area contributed by atoms with Crippen LogP contribution in [0.5, 0.6) is 0 Å². The fourth-order valence-corrected chi connectivity index (χ4v) is 4.96. The van der Waals surface area contributed by atoms with Crippen LogP contribution < -0.4 is 0 Å².